The van der Waals surface area contributed by atoms with E-state index in [4.69, 9.17) is 4.42 Å². The predicted octanol–water partition coefficient (Wildman–Crippen LogP) is 12.9. The van der Waals surface area contributed by atoms with Crippen LogP contribution in [0.3, 0.4) is 0 Å². The third-order valence-electron chi connectivity index (χ3n) is 9.20. The molecule has 2 nitrogen and oxygen atoms in total. The number of anilines is 3. The van der Waals surface area contributed by atoms with Crippen molar-refractivity contribution in [1.82, 2.24) is 0 Å². The van der Waals surface area contributed by atoms with Gasteiger partial charge in [-0.1, -0.05) is 97.1 Å². The Labute approximate surface area is 263 Å². The monoisotopic (exact) mass is 591 g/mol. The van der Waals surface area contributed by atoms with Crippen molar-refractivity contribution in [2.24, 2.45) is 0 Å². The van der Waals surface area contributed by atoms with Gasteiger partial charge in [-0.25, -0.2) is 0 Å². The van der Waals surface area contributed by atoms with Crippen LogP contribution in [0.5, 0.6) is 0 Å². The van der Waals surface area contributed by atoms with E-state index >= 15 is 0 Å². The molecule has 0 saturated carbocycles. The largest absolute Gasteiger partial charge is 0.456 e. The van der Waals surface area contributed by atoms with E-state index in [0.29, 0.717) is 0 Å². The van der Waals surface area contributed by atoms with E-state index < -0.39 is 0 Å². The first-order valence-electron chi connectivity index (χ1n) is 15.3. The van der Waals surface area contributed by atoms with Crippen LogP contribution in [0.25, 0.3) is 74.4 Å². The molecule has 0 radical (unpaired) electrons. The fourth-order valence-corrected chi connectivity index (χ4v) is 8.36. The lowest BCUT2D eigenvalue weighted by atomic mass is 9.92. The fraction of sp³-hybridized carbons (Fsp3) is 0. The van der Waals surface area contributed by atoms with Crippen molar-refractivity contribution in [1.29, 1.82) is 0 Å². The Hall–Kier alpha value is -5.64. The van der Waals surface area contributed by atoms with Crippen molar-refractivity contribution >= 4 is 103 Å². The van der Waals surface area contributed by atoms with E-state index in [1.807, 2.05) is 23.5 Å². The molecule has 0 saturated heterocycles. The van der Waals surface area contributed by atoms with Crippen molar-refractivity contribution in [3.63, 3.8) is 0 Å². The van der Waals surface area contributed by atoms with Crippen molar-refractivity contribution < 1.29 is 4.42 Å². The number of rotatable bonds is 3. The van der Waals surface area contributed by atoms with Gasteiger partial charge < -0.3 is 9.32 Å². The number of hydrogen-bond donors (Lipinski definition) is 0. The highest BCUT2D eigenvalue weighted by molar-refractivity contribution is 7.26. The topological polar surface area (TPSA) is 16.4 Å². The van der Waals surface area contributed by atoms with E-state index in [9.17, 15) is 0 Å². The summed E-state index contributed by atoms with van der Waals surface area (Å²) in [7, 11) is 0. The molecule has 10 aromatic rings. The molecular formula is C42H25NOS. The molecule has 10 rings (SSSR count). The molecule has 0 fully saturated rings. The summed E-state index contributed by atoms with van der Waals surface area (Å²) >= 11 is 1.88. The first-order valence-corrected chi connectivity index (χ1v) is 16.1. The molecule has 0 aliphatic heterocycles. The van der Waals surface area contributed by atoms with Crippen LogP contribution in [-0.2, 0) is 0 Å². The van der Waals surface area contributed by atoms with Gasteiger partial charge >= 0.3 is 0 Å². The zero-order valence-corrected chi connectivity index (χ0v) is 25.0. The van der Waals surface area contributed by atoms with Crippen LogP contribution in [-0.4, -0.2) is 0 Å². The van der Waals surface area contributed by atoms with Crippen LogP contribution in [0.1, 0.15) is 0 Å². The zero-order valence-electron chi connectivity index (χ0n) is 24.2. The maximum absolute atomic E-state index is 6.36. The van der Waals surface area contributed by atoms with Crippen LogP contribution in [0.2, 0.25) is 0 Å². The second kappa shape index (κ2) is 9.43. The lowest BCUT2D eigenvalue weighted by Gasteiger charge is -2.27. The summed E-state index contributed by atoms with van der Waals surface area (Å²) in [5, 5.41) is 12.6. The molecule has 0 aliphatic rings. The Balaban J connectivity index is 1.31. The van der Waals surface area contributed by atoms with E-state index in [1.54, 1.807) is 0 Å². The van der Waals surface area contributed by atoms with Crippen LogP contribution >= 0.6 is 11.3 Å². The summed E-state index contributed by atoms with van der Waals surface area (Å²) in [5.74, 6) is 0. The van der Waals surface area contributed by atoms with E-state index in [0.717, 1.165) is 39.0 Å². The average Bonchev–Trinajstić information content (AvgIpc) is 3.67. The zero-order chi connectivity index (χ0) is 29.5. The smallest absolute Gasteiger partial charge is 0.137 e. The molecule has 2 heterocycles. The number of thiophene rings is 1. The Morgan fingerprint density at radius 1 is 0.400 bits per heavy atom. The van der Waals surface area contributed by atoms with Crippen molar-refractivity contribution in [3.8, 4) is 0 Å². The second-order valence-electron chi connectivity index (χ2n) is 11.7. The quantitative estimate of drug-likeness (QED) is 0.190. The molecule has 0 N–H and O–H groups in total. The Morgan fingerprint density at radius 3 is 1.98 bits per heavy atom. The molecule has 8 aromatic carbocycles. The van der Waals surface area contributed by atoms with Crippen LogP contribution in [0, 0.1) is 0 Å². The minimum atomic E-state index is 0.887. The van der Waals surface area contributed by atoms with E-state index in [-0.39, 0.29) is 0 Å². The average molecular weight is 592 g/mol. The molecule has 45 heavy (non-hydrogen) atoms. The molecular weight excluding hydrogens is 567 g/mol. The summed E-state index contributed by atoms with van der Waals surface area (Å²) < 4.78 is 9.02. The van der Waals surface area contributed by atoms with Gasteiger partial charge in [0, 0.05) is 53.8 Å². The van der Waals surface area contributed by atoms with Crippen LogP contribution in [0.15, 0.2) is 156 Å². The van der Waals surface area contributed by atoms with Gasteiger partial charge in [0.25, 0.3) is 0 Å². The number of hydrogen-bond acceptors (Lipinski definition) is 3. The maximum atomic E-state index is 6.36. The Morgan fingerprint density at radius 2 is 1.09 bits per heavy atom. The normalized spacial score (nSPS) is 12.0. The van der Waals surface area contributed by atoms with Gasteiger partial charge in [0.2, 0.25) is 0 Å². The van der Waals surface area contributed by atoms with Gasteiger partial charge in [-0.3, -0.25) is 0 Å². The van der Waals surface area contributed by atoms with Gasteiger partial charge in [-0.05, 0) is 75.5 Å². The molecule has 0 bridgehead atoms. The highest BCUT2D eigenvalue weighted by Crippen LogP contribution is 2.47. The number of nitrogens with zero attached hydrogens (tertiary/aromatic N) is 1. The highest BCUT2D eigenvalue weighted by atomic mass is 32.1. The van der Waals surface area contributed by atoms with Gasteiger partial charge in [0.1, 0.15) is 11.2 Å². The Bertz CT molecular complexity index is 2770. The molecule has 2 aromatic heterocycles. The lowest BCUT2D eigenvalue weighted by molar-refractivity contribution is 0.669. The third-order valence-corrected chi connectivity index (χ3v) is 10.3. The first-order chi connectivity index (χ1) is 22.3. The molecule has 3 heteroatoms. The summed E-state index contributed by atoms with van der Waals surface area (Å²) in [5.41, 5.74) is 5.10. The van der Waals surface area contributed by atoms with Crippen molar-refractivity contribution in [2.45, 2.75) is 0 Å². The maximum Gasteiger partial charge on any atom is 0.137 e. The third kappa shape index (κ3) is 3.62. The molecule has 0 aliphatic carbocycles. The Kier molecular flexibility index (Phi) is 5.19. The van der Waals surface area contributed by atoms with Gasteiger partial charge in [0.15, 0.2) is 0 Å². The fourth-order valence-electron chi connectivity index (χ4n) is 7.25. The van der Waals surface area contributed by atoms with Crippen LogP contribution in [0.4, 0.5) is 17.1 Å². The number of benzene rings is 8. The number of fused-ring (bicyclic) bond motifs is 12. The lowest BCUT2D eigenvalue weighted by Crippen LogP contribution is -2.10. The minimum Gasteiger partial charge on any atom is -0.456 e. The summed E-state index contributed by atoms with van der Waals surface area (Å²) in [6.07, 6.45) is 0. The predicted molar refractivity (Wildman–Crippen MR) is 194 cm³/mol. The number of furan rings is 1. The van der Waals surface area contributed by atoms with Crippen molar-refractivity contribution in [2.75, 3.05) is 4.90 Å². The van der Waals surface area contributed by atoms with Gasteiger partial charge in [-0.15, -0.1) is 11.3 Å². The number of para-hydroxylation sites is 2. The standard InChI is InChI=1S/C42H25NOS/c1-2-10-28(11-3-1)43(29-21-22-32-31-13-6-8-16-36(31)44-37(32)25-29)35-24-27-19-18-26-20-23-39-42(34-15-7-9-17-38(34)45-39)41(26)40(27)33-14-5-4-12-30(33)35/h1-25H. The highest BCUT2D eigenvalue weighted by Gasteiger charge is 2.20. The van der Waals surface area contributed by atoms with Crippen molar-refractivity contribution in [3.05, 3.63) is 152 Å². The van der Waals surface area contributed by atoms with Gasteiger partial charge in [0.05, 0.1) is 5.69 Å². The molecule has 0 spiro atoms. The summed E-state index contributed by atoms with van der Waals surface area (Å²) in [6.45, 7) is 0. The minimum absolute atomic E-state index is 0.887. The summed E-state index contributed by atoms with van der Waals surface area (Å²) in [6, 6.07) is 54.7. The van der Waals surface area contributed by atoms with Crippen LogP contribution < -0.4 is 4.90 Å². The molecule has 0 atom stereocenters. The second-order valence-corrected chi connectivity index (χ2v) is 12.8. The molecule has 0 amide bonds. The van der Waals surface area contributed by atoms with E-state index in [2.05, 4.69) is 144 Å². The summed E-state index contributed by atoms with van der Waals surface area (Å²) in [4.78, 5) is 2.37. The molecule has 0 unspecified atom stereocenters. The molecule has 210 valence electrons. The first kappa shape index (κ1) is 24.8. The SMILES string of the molecule is c1ccc(N(c2ccc3c(c2)oc2ccccc23)c2cc3ccc4ccc5sc6ccccc6c5c4c3c3ccccc23)cc1. The van der Waals surface area contributed by atoms with E-state index in [1.165, 1.54) is 52.5 Å². The van der Waals surface area contributed by atoms with Gasteiger partial charge in [-0.2, -0.15) is 0 Å².